The molecule has 17 heavy (non-hydrogen) atoms. The standard InChI is InChI=1S/C11H16ClN5/c1-4-7(2)6-17(3)10-8-5-13-16-9(8)14-11(12)15-10/h5,7H,4,6H2,1-3H3,(H,13,14,15,16). The molecule has 0 fully saturated rings. The van der Waals surface area contributed by atoms with Crippen LogP contribution in [0.4, 0.5) is 5.82 Å². The lowest BCUT2D eigenvalue weighted by Gasteiger charge is -2.22. The van der Waals surface area contributed by atoms with Gasteiger partial charge in [-0.1, -0.05) is 20.3 Å². The molecule has 5 nitrogen and oxygen atoms in total. The van der Waals surface area contributed by atoms with Crippen LogP contribution in [0.25, 0.3) is 11.0 Å². The van der Waals surface area contributed by atoms with Gasteiger partial charge in [-0.2, -0.15) is 15.1 Å². The van der Waals surface area contributed by atoms with E-state index in [1.54, 1.807) is 6.20 Å². The van der Waals surface area contributed by atoms with Crippen LogP contribution in [0.5, 0.6) is 0 Å². The summed E-state index contributed by atoms with van der Waals surface area (Å²) in [4.78, 5) is 10.5. The third kappa shape index (κ3) is 2.49. The summed E-state index contributed by atoms with van der Waals surface area (Å²) in [7, 11) is 2.01. The quantitative estimate of drug-likeness (QED) is 0.851. The number of nitrogens with zero attached hydrogens (tertiary/aromatic N) is 4. The molecule has 0 aliphatic heterocycles. The molecule has 0 amide bonds. The number of aromatic nitrogens is 4. The Morgan fingerprint density at radius 2 is 2.24 bits per heavy atom. The number of hydrogen-bond acceptors (Lipinski definition) is 4. The number of halogens is 1. The fraction of sp³-hybridized carbons (Fsp3) is 0.545. The molecule has 0 spiro atoms. The van der Waals surface area contributed by atoms with Gasteiger partial charge >= 0.3 is 0 Å². The molecule has 1 unspecified atom stereocenters. The highest BCUT2D eigenvalue weighted by Gasteiger charge is 2.13. The van der Waals surface area contributed by atoms with Gasteiger partial charge in [0.05, 0.1) is 11.6 Å². The summed E-state index contributed by atoms with van der Waals surface area (Å²) in [5.41, 5.74) is 0.677. The summed E-state index contributed by atoms with van der Waals surface area (Å²) < 4.78 is 0. The third-order valence-corrected chi connectivity index (χ3v) is 3.08. The van der Waals surface area contributed by atoms with Crippen molar-refractivity contribution in [3.05, 3.63) is 11.5 Å². The molecule has 2 rings (SSSR count). The molecule has 2 aromatic rings. The summed E-state index contributed by atoms with van der Waals surface area (Å²) in [5, 5.41) is 7.93. The SMILES string of the molecule is CCC(C)CN(C)c1nc(Cl)nc2[nH]ncc12. The number of anilines is 1. The zero-order chi connectivity index (χ0) is 12.4. The van der Waals surface area contributed by atoms with Crippen LogP contribution < -0.4 is 4.90 Å². The molecular weight excluding hydrogens is 238 g/mol. The van der Waals surface area contributed by atoms with Crippen molar-refractivity contribution in [1.82, 2.24) is 20.2 Å². The second kappa shape index (κ2) is 4.87. The van der Waals surface area contributed by atoms with Gasteiger partial charge in [-0.3, -0.25) is 5.10 Å². The molecule has 2 heterocycles. The van der Waals surface area contributed by atoms with Gasteiger partial charge in [-0.05, 0) is 17.5 Å². The Labute approximate surface area is 105 Å². The molecule has 0 aliphatic carbocycles. The van der Waals surface area contributed by atoms with Gasteiger partial charge in [0.1, 0.15) is 5.82 Å². The van der Waals surface area contributed by atoms with Crippen molar-refractivity contribution in [1.29, 1.82) is 0 Å². The zero-order valence-electron chi connectivity index (χ0n) is 10.2. The molecule has 0 aromatic carbocycles. The summed E-state index contributed by atoms with van der Waals surface area (Å²) in [5.74, 6) is 1.43. The average Bonchev–Trinajstić information content (AvgIpc) is 2.75. The van der Waals surface area contributed by atoms with Crippen molar-refractivity contribution >= 4 is 28.5 Å². The third-order valence-electron chi connectivity index (χ3n) is 2.91. The van der Waals surface area contributed by atoms with Crippen molar-refractivity contribution in [2.24, 2.45) is 5.92 Å². The van der Waals surface area contributed by atoms with Crippen molar-refractivity contribution < 1.29 is 0 Å². The van der Waals surface area contributed by atoms with Crippen LogP contribution in [0.3, 0.4) is 0 Å². The predicted molar refractivity (Wildman–Crippen MR) is 69.4 cm³/mol. The molecule has 0 saturated heterocycles. The van der Waals surface area contributed by atoms with Crippen LogP contribution in [0, 0.1) is 5.92 Å². The van der Waals surface area contributed by atoms with Gasteiger partial charge in [0.15, 0.2) is 5.65 Å². The van der Waals surface area contributed by atoms with Gasteiger partial charge in [-0.25, -0.2) is 0 Å². The second-order valence-electron chi connectivity index (χ2n) is 4.34. The molecule has 0 bridgehead atoms. The minimum atomic E-state index is 0.243. The Kier molecular flexibility index (Phi) is 3.47. The number of fused-ring (bicyclic) bond motifs is 1. The second-order valence-corrected chi connectivity index (χ2v) is 4.68. The van der Waals surface area contributed by atoms with E-state index in [-0.39, 0.29) is 5.28 Å². The lowest BCUT2D eigenvalue weighted by Crippen LogP contribution is -2.24. The average molecular weight is 254 g/mol. The van der Waals surface area contributed by atoms with E-state index in [0.29, 0.717) is 11.6 Å². The normalized spacial score (nSPS) is 12.9. The van der Waals surface area contributed by atoms with E-state index in [1.807, 2.05) is 7.05 Å². The van der Waals surface area contributed by atoms with Crippen LogP contribution in [0.1, 0.15) is 20.3 Å². The van der Waals surface area contributed by atoms with Gasteiger partial charge in [0, 0.05) is 13.6 Å². The van der Waals surface area contributed by atoms with Gasteiger partial charge < -0.3 is 4.90 Å². The minimum absolute atomic E-state index is 0.243. The molecule has 1 atom stereocenters. The summed E-state index contributed by atoms with van der Waals surface area (Å²) in [6.45, 7) is 5.33. The summed E-state index contributed by atoms with van der Waals surface area (Å²) >= 11 is 5.90. The maximum absolute atomic E-state index is 5.90. The Bertz CT molecular complexity index is 510. The summed E-state index contributed by atoms with van der Waals surface area (Å²) in [6, 6.07) is 0. The highest BCUT2D eigenvalue weighted by atomic mass is 35.5. The molecule has 0 radical (unpaired) electrons. The molecule has 6 heteroatoms. The van der Waals surface area contributed by atoms with Gasteiger partial charge in [-0.15, -0.1) is 0 Å². The highest BCUT2D eigenvalue weighted by Crippen LogP contribution is 2.23. The fourth-order valence-corrected chi connectivity index (χ4v) is 1.93. The van der Waals surface area contributed by atoms with E-state index >= 15 is 0 Å². The smallest absolute Gasteiger partial charge is 0.226 e. The highest BCUT2D eigenvalue weighted by molar-refractivity contribution is 6.28. The molecule has 92 valence electrons. The van der Waals surface area contributed by atoms with Crippen molar-refractivity contribution in [3.8, 4) is 0 Å². The van der Waals surface area contributed by atoms with E-state index in [2.05, 4.69) is 38.9 Å². The van der Waals surface area contributed by atoms with Gasteiger partial charge in [0.25, 0.3) is 0 Å². The van der Waals surface area contributed by atoms with Crippen molar-refractivity contribution in [2.45, 2.75) is 20.3 Å². The Hall–Kier alpha value is -1.36. The molecular formula is C11H16ClN5. The lowest BCUT2D eigenvalue weighted by molar-refractivity contribution is 0.558. The van der Waals surface area contributed by atoms with Crippen LogP contribution >= 0.6 is 11.6 Å². The van der Waals surface area contributed by atoms with Crippen LogP contribution in [-0.4, -0.2) is 33.8 Å². The Balaban J connectivity index is 2.36. The van der Waals surface area contributed by atoms with Crippen molar-refractivity contribution in [3.63, 3.8) is 0 Å². The van der Waals surface area contributed by atoms with E-state index in [9.17, 15) is 0 Å². The monoisotopic (exact) mass is 253 g/mol. The fourth-order valence-electron chi connectivity index (χ4n) is 1.77. The summed E-state index contributed by atoms with van der Waals surface area (Å²) in [6.07, 6.45) is 2.87. The van der Waals surface area contributed by atoms with E-state index < -0.39 is 0 Å². The molecule has 2 aromatic heterocycles. The molecule has 0 aliphatic rings. The van der Waals surface area contributed by atoms with E-state index in [0.717, 1.165) is 24.2 Å². The zero-order valence-corrected chi connectivity index (χ0v) is 11.0. The first kappa shape index (κ1) is 12.1. The van der Waals surface area contributed by atoms with Gasteiger partial charge in [0.2, 0.25) is 5.28 Å². The Morgan fingerprint density at radius 3 is 2.94 bits per heavy atom. The lowest BCUT2D eigenvalue weighted by atomic mass is 10.1. The predicted octanol–water partition coefficient (Wildman–Crippen LogP) is 2.49. The first-order valence-electron chi connectivity index (χ1n) is 5.69. The minimum Gasteiger partial charge on any atom is -0.359 e. The van der Waals surface area contributed by atoms with E-state index in [1.165, 1.54) is 0 Å². The Morgan fingerprint density at radius 1 is 1.47 bits per heavy atom. The number of aromatic amines is 1. The van der Waals surface area contributed by atoms with Crippen LogP contribution in [0.2, 0.25) is 5.28 Å². The number of H-pyrrole nitrogens is 1. The maximum Gasteiger partial charge on any atom is 0.226 e. The first-order valence-corrected chi connectivity index (χ1v) is 6.07. The van der Waals surface area contributed by atoms with Crippen molar-refractivity contribution in [2.75, 3.05) is 18.5 Å². The largest absolute Gasteiger partial charge is 0.359 e. The number of nitrogens with one attached hydrogen (secondary N) is 1. The van der Waals surface area contributed by atoms with Crippen LogP contribution in [-0.2, 0) is 0 Å². The number of hydrogen-bond donors (Lipinski definition) is 1. The van der Waals surface area contributed by atoms with Crippen LogP contribution in [0.15, 0.2) is 6.20 Å². The molecule has 1 N–H and O–H groups in total. The number of rotatable bonds is 4. The van der Waals surface area contributed by atoms with E-state index in [4.69, 9.17) is 11.6 Å². The molecule has 0 saturated carbocycles. The maximum atomic E-state index is 5.90. The first-order chi connectivity index (χ1) is 8.11. The topological polar surface area (TPSA) is 57.7 Å².